The Morgan fingerprint density at radius 1 is 1.00 bits per heavy atom. The molecule has 0 aromatic heterocycles. The molecular formula is C16H18N2. The van der Waals surface area contributed by atoms with Crippen molar-refractivity contribution in [3.8, 4) is 0 Å². The van der Waals surface area contributed by atoms with Crippen LogP contribution < -0.4 is 10.2 Å². The number of rotatable bonds is 2. The molecule has 1 fully saturated rings. The molecule has 0 radical (unpaired) electrons. The molecule has 18 heavy (non-hydrogen) atoms. The molecular weight excluding hydrogens is 220 g/mol. The second-order valence-electron chi connectivity index (χ2n) is 4.80. The predicted molar refractivity (Wildman–Crippen MR) is 75.7 cm³/mol. The number of nitrogens with zero attached hydrogens (tertiary/aromatic N) is 1. The molecule has 2 aromatic rings. The Labute approximate surface area is 108 Å². The zero-order valence-electron chi connectivity index (χ0n) is 10.6. The molecule has 2 nitrogen and oxygen atoms in total. The number of aryl methyl sites for hydroxylation is 1. The largest absolute Gasteiger partial charge is 0.351 e. The van der Waals surface area contributed by atoms with Crippen molar-refractivity contribution in [3.05, 3.63) is 65.7 Å². The fourth-order valence-electron chi connectivity index (χ4n) is 2.51. The van der Waals surface area contributed by atoms with E-state index in [0.717, 1.165) is 13.1 Å². The van der Waals surface area contributed by atoms with Crippen molar-refractivity contribution in [2.45, 2.75) is 13.1 Å². The summed E-state index contributed by atoms with van der Waals surface area (Å²) < 4.78 is 0. The van der Waals surface area contributed by atoms with E-state index in [4.69, 9.17) is 0 Å². The molecule has 1 atom stereocenters. The molecule has 0 bridgehead atoms. The summed E-state index contributed by atoms with van der Waals surface area (Å²) in [5.41, 5.74) is 3.93. The molecule has 1 N–H and O–H groups in total. The third-order valence-corrected chi connectivity index (χ3v) is 3.48. The van der Waals surface area contributed by atoms with Crippen LogP contribution in [0.15, 0.2) is 54.6 Å². The van der Waals surface area contributed by atoms with Gasteiger partial charge in [-0.2, -0.15) is 0 Å². The van der Waals surface area contributed by atoms with Crippen LogP contribution >= 0.6 is 0 Å². The highest BCUT2D eigenvalue weighted by molar-refractivity contribution is 5.49. The lowest BCUT2D eigenvalue weighted by Gasteiger charge is -2.26. The maximum absolute atomic E-state index is 3.57. The SMILES string of the molecule is Cc1ccc(C2NCCN2c2ccccc2)cc1. The smallest absolute Gasteiger partial charge is 0.106 e. The average molecular weight is 238 g/mol. The summed E-state index contributed by atoms with van der Waals surface area (Å²) in [6.45, 7) is 4.22. The Kier molecular flexibility index (Phi) is 3.03. The summed E-state index contributed by atoms with van der Waals surface area (Å²) in [5, 5.41) is 3.57. The van der Waals surface area contributed by atoms with E-state index < -0.39 is 0 Å². The van der Waals surface area contributed by atoms with E-state index in [1.807, 2.05) is 0 Å². The molecule has 2 heteroatoms. The summed E-state index contributed by atoms with van der Waals surface area (Å²) in [4.78, 5) is 2.42. The van der Waals surface area contributed by atoms with Crippen LogP contribution in [0.25, 0.3) is 0 Å². The third-order valence-electron chi connectivity index (χ3n) is 3.48. The molecule has 1 saturated heterocycles. The van der Waals surface area contributed by atoms with Gasteiger partial charge in [0.1, 0.15) is 6.17 Å². The van der Waals surface area contributed by atoms with Crippen LogP contribution in [-0.4, -0.2) is 13.1 Å². The first kappa shape index (κ1) is 11.3. The molecule has 92 valence electrons. The number of hydrogen-bond acceptors (Lipinski definition) is 2. The van der Waals surface area contributed by atoms with Gasteiger partial charge in [-0.1, -0.05) is 48.0 Å². The minimum atomic E-state index is 0.299. The Balaban J connectivity index is 1.90. The van der Waals surface area contributed by atoms with E-state index in [0.29, 0.717) is 6.17 Å². The molecule has 2 aromatic carbocycles. The van der Waals surface area contributed by atoms with Crippen LogP contribution in [0, 0.1) is 6.92 Å². The molecule has 3 rings (SSSR count). The number of nitrogens with one attached hydrogen (secondary N) is 1. The predicted octanol–water partition coefficient (Wildman–Crippen LogP) is 3.10. The van der Waals surface area contributed by atoms with Crippen molar-refractivity contribution in [2.75, 3.05) is 18.0 Å². The van der Waals surface area contributed by atoms with E-state index >= 15 is 0 Å². The van der Waals surface area contributed by atoms with Crippen LogP contribution in [0.5, 0.6) is 0 Å². The molecule has 0 aliphatic carbocycles. The van der Waals surface area contributed by atoms with Crippen molar-refractivity contribution in [1.82, 2.24) is 5.32 Å². The Morgan fingerprint density at radius 2 is 1.72 bits per heavy atom. The first-order valence-electron chi connectivity index (χ1n) is 6.46. The van der Waals surface area contributed by atoms with Crippen LogP contribution in [0.3, 0.4) is 0 Å². The Bertz CT molecular complexity index is 504. The van der Waals surface area contributed by atoms with Gasteiger partial charge < -0.3 is 4.90 Å². The number of benzene rings is 2. The van der Waals surface area contributed by atoms with Gasteiger partial charge in [-0.25, -0.2) is 0 Å². The highest BCUT2D eigenvalue weighted by Gasteiger charge is 2.25. The average Bonchev–Trinajstić information content (AvgIpc) is 2.90. The van der Waals surface area contributed by atoms with Gasteiger partial charge in [-0.15, -0.1) is 0 Å². The second-order valence-corrected chi connectivity index (χ2v) is 4.80. The molecule has 0 spiro atoms. The zero-order chi connectivity index (χ0) is 12.4. The molecule has 1 aliphatic heterocycles. The normalized spacial score (nSPS) is 19.2. The van der Waals surface area contributed by atoms with E-state index in [1.54, 1.807) is 0 Å². The lowest BCUT2D eigenvalue weighted by atomic mass is 10.1. The maximum atomic E-state index is 3.57. The van der Waals surface area contributed by atoms with E-state index in [9.17, 15) is 0 Å². The minimum Gasteiger partial charge on any atom is -0.351 e. The van der Waals surface area contributed by atoms with Gasteiger partial charge in [0.2, 0.25) is 0 Å². The standard InChI is InChI=1S/C16H18N2/c1-13-7-9-14(10-8-13)16-17-11-12-18(16)15-5-3-2-4-6-15/h2-10,16-17H,11-12H2,1H3. The first-order valence-corrected chi connectivity index (χ1v) is 6.46. The fraction of sp³-hybridized carbons (Fsp3) is 0.250. The highest BCUT2D eigenvalue weighted by Crippen LogP contribution is 2.27. The molecule has 0 saturated carbocycles. The van der Waals surface area contributed by atoms with Gasteiger partial charge in [0, 0.05) is 18.8 Å². The monoisotopic (exact) mass is 238 g/mol. The minimum absolute atomic E-state index is 0.299. The van der Waals surface area contributed by atoms with Crippen LogP contribution in [0.1, 0.15) is 17.3 Å². The van der Waals surface area contributed by atoms with E-state index in [-0.39, 0.29) is 0 Å². The number of anilines is 1. The summed E-state index contributed by atoms with van der Waals surface area (Å²) in [6.07, 6.45) is 0.299. The lowest BCUT2D eigenvalue weighted by Crippen LogP contribution is -2.27. The van der Waals surface area contributed by atoms with Crippen molar-refractivity contribution in [3.63, 3.8) is 0 Å². The summed E-state index contributed by atoms with van der Waals surface area (Å²) in [5.74, 6) is 0. The van der Waals surface area contributed by atoms with Gasteiger partial charge >= 0.3 is 0 Å². The topological polar surface area (TPSA) is 15.3 Å². The van der Waals surface area contributed by atoms with Crippen LogP contribution in [0.4, 0.5) is 5.69 Å². The van der Waals surface area contributed by atoms with Gasteiger partial charge in [-0.3, -0.25) is 5.32 Å². The van der Waals surface area contributed by atoms with Gasteiger partial charge in [0.25, 0.3) is 0 Å². The zero-order valence-corrected chi connectivity index (χ0v) is 10.6. The summed E-state index contributed by atoms with van der Waals surface area (Å²) in [6, 6.07) is 19.4. The van der Waals surface area contributed by atoms with Crippen molar-refractivity contribution < 1.29 is 0 Å². The fourth-order valence-corrected chi connectivity index (χ4v) is 2.51. The van der Waals surface area contributed by atoms with Gasteiger partial charge in [-0.05, 0) is 24.6 Å². The van der Waals surface area contributed by atoms with E-state index in [1.165, 1.54) is 16.8 Å². The third kappa shape index (κ3) is 2.12. The Hall–Kier alpha value is -1.80. The second kappa shape index (κ2) is 4.83. The molecule has 1 unspecified atom stereocenters. The van der Waals surface area contributed by atoms with Gasteiger partial charge in [0.15, 0.2) is 0 Å². The molecule has 1 aliphatic rings. The van der Waals surface area contributed by atoms with E-state index in [2.05, 4.69) is 71.7 Å². The highest BCUT2D eigenvalue weighted by atomic mass is 15.3. The summed E-state index contributed by atoms with van der Waals surface area (Å²) in [7, 11) is 0. The quantitative estimate of drug-likeness (QED) is 0.865. The first-order chi connectivity index (χ1) is 8.84. The maximum Gasteiger partial charge on any atom is 0.106 e. The van der Waals surface area contributed by atoms with Crippen molar-refractivity contribution >= 4 is 5.69 Å². The van der Waals surface area contributed by atoms with Crippen LogP contribution in [-0.2, 0) is 0 Å². The summed E-state index contributed by atoms with van der Waals surface area (Å²) >= 11 is 0. The van der Waals surface area contributed by atoms with Crippen molar-refractivity contribution in [2.24, 2.45) is 0 Å². The Morgan fingerprint density at radius 3 is 2.44 bits per heavy atom. The van der Waals surface area contributed by atoms with Gasteiger partial charge in [0.05, 0.1) is 0 Å². The molecule has 0 amide bonds. The molecule has 1 heterocycles. The lowest BCUT2D eigenvalue weighted by molar-refractivity contribution is 0.644. The van der Waals surface area contributed by atoms with Crippen molar-refractivity contribution in [1.29, 1.82) is 0 Å². The number of para-hydroxylation sites is 1. The number of hydrogen-bond donors (Lipinski definition) is 1. The van der Waals surface area contributed by atoms with Crippen LogP contribution in [0.2, 0.25) is 0 Å².